The van der Waals surface area contributed by atoms with Crippen LogP contribution in [-0.4, -0.2) is 21.2 Å². The van der Waals surface area contributed by atoms with Crippen LogP contribution in [0.2, 0.25) is 0 Å². The molecular weight excluding hydrogens is 305 g/mol. The Balaban J connectivity index is 2.14. The summed E-state index contributed by atoms with van der Waals surface area (Å²) in [7, 11) is 0. The molecule has 0 aliphatic heterocycles. The van der Waals surface area contributed by atoms with Gasteiger partial charge in [0, 0.05) is 17.7 Å². The van der Waals surface area contributed by atoms with E-state index in [1.165, 1.54) is 12.1 Å². The zero-order valence-corrected chi connectivity index (χ0v) is 15.1. The van der Waals surface area contributed by atoms with Gasteiger partial charge in [-0.3, -0.25) is 4.79 Å². The molecule has 2 rings (SSSR count). The lowest BCUT2D eigenvalue weighted by atomic mass is 10.0. The average Bonchev–Trinajstić information content (AvgIpc) is 2.79. The first-order valence-corrected chi connectivity index (χ1v) is 8.35. The summed E-state index contributed by atoms with van der Waals surface area (Å²) < 4.78 is 15.2. The number of amides is 1. The summed E-state index contributed by atoms with van der Waals surface area (Å²) in [6.07, 6.45) is 1.92. The maximum absolute atomic E-state index is 13.4. The third kappa shape index (κ3) is 4.22. The van der Waals surface area contributed by atoms with Gasteiger partial charge in [0.1, 0.15) is 5.82 Å². The molecule has 0 fully saturated rings. The van der Waals surface area contributed by atoms with Crippen molar-refractivity contribution in [3.63, 3.8) is 0 Å². The van der Waals surface area contributed by atoms with E-state index in [2.05, 4.69) is 17.3 Å². The molecule has 0 aliphatic carbocycles. The van der Waals surface area contributed by atoms with E-state index in [0.29, 0.717) is 18.5 Å². The third-order valence-corrected chi connectivity index (χ3v) is 4.46. The van der Waals surface area contributed by atoms with Crippen molar-refractivity contribution < 1.29 is 9.18 Å². The van der Waals surface area contributed by atoms with Crippen LogP contribution in [0.4, 0.5) is 4.39 Å². The summed E-state index contributed by atoms with van der Waals surface area (Å²) in [4.78, 5) is 12.1. The molecular formula is C19H26FN3O. The summed E-state index contributed by atoms with van der Waals surface area (Å²) in [6, 6.07) is 6.36. The van der Waals surface area contributed by atoms with Crippen molar-refractivity contribution in [2.24, 2.45) is 0 Å². The van der Waals surface area contributed by atoms with E-state index in [1.54, 1.807) is 10.7 Å². The molecule has 4 nitrogen and oxygen atoms in total. The Bertz CT molecular complexity index is 734. The van der Waals surface area contributed by atoms with Gasteiger partial charge in [-0.25, -0.2) is 9.07 Å². The Kier molecular flexibility index (Phi) is 5.42. The fourth-order valence-electron chi connectivity index (χ4n) is 2.66. The second kappa shape index (κ2) is 7.16. The zero-order valence-electron chi connectivity index (χ0n) is 15.1. The molecule has 1 aromatic heterocycles. The summed E-state index contributed by atoms with van der Waals surface area (Å²) in [5.41, 5.74) is 3.37. The number of rotatable bonds is 6. The van der Waals surface area contributed by atoms with Crippen molar-refractivity contribution in [3.05, 3.63) is 47.0 Å². The van der Waals surface area contributed by atoms with Crippen LogP contribution in [0.3, 0.4) is 0 Å². The van der Waals surface area contributed by atoms with Crippen molar-refractivity contribution in [1.29, 1.82) is 0 Å². The van der Waals surface area contributed by atoms with E-state index in [4.69, 9.17) is 0 Å². The molecule has 2 aromatic rings. The number of hydrogen-bond acceptors (Lipinski definition) is 2. The lowest BCUT2D eigenvalue weighted by Gasteiger charge is -2.24. The van der Waals surface area contributed by atoms with Crippen molar-refractivity contribution in [3.8, 4) is 5.69 Å². The third-order valence-electron chi connectivity index (χ3n) is 4.46. The zero-order chi connectivity index (χ0) is 17.9. The van der Waals surface area contributed by atoms with E-state index in [9.17, 15) is 9.18 Å². The fourth-order valence-corrected chi connectivity index (χ4v) is 2.66. The van der Waals surface area contributed by atoms with Gasteiger partial charge in [0.15, 0.2) is 0 Å². The van der Waals surface area contributed by atoms with E-state index in [0.717, 1.165) is 23.4 Å². The quantitative estimate of drug-likeness (QED) is 0.873. The summed E-state index contributed by atoms with van der Waals surface area (Å²) in [5.74, 6) is -0.248. The second-order valence-corrected chi connectivity index (χ2v) is 6.83. The minimum Gasteiger partial charge on any atom is -0.351 e. The van der Waals surface area contributed by atoms with Gasteiger partial charge in [-0.2, -0.15) is 5.10 Å². The predicted molar refractivity (Wildman–Crippen MR) is 93.8 cm³/mol. The SMILES string of the molecule is CCC(C)(C)NC(=O)CCc1c(C)nn(-c2cccc(F)c2)c1C. The predicted octanol–water partition coefficient (Wildman–Crippen LogP) is 3.87. The molecule has 1 N–H and O–H groups in total. The first-order chi connectivity index (χ1) is 11.2. The van der Waals surface area contributed by atoms with Gasteiger partial charge >= 0.3 is 0 Å². The molecule has 1 aromatic carbocycles. The summed E-state index contributed by atoms with van der Waals surface area (Å²) in [5, 5.41) is 7.55. The Morgan fingerprint density at radius 1 is 1.33 bits per heavy atom. The number of benzene rings is 1. The van der Waals surface area contributed by atoms with Crippen LogP contribution < -0.4 is 5.32 Å². The van der Waals surface area contributed by atoms with Gasteiger partial charge in [-0.1, -0.05) is 13.0 Å². The highest BCUT2D eigenvalue weighted by molar-refractivity contribution is 5.77. The minimum atomic E-state index is -0.289. The van der Waals surface area contributed by atoms with Crippen LogP contribution in [0.5, 0.6) is 0 Å². The number of nitrogens with zero attached hydrogens (tertiary/aromatic N) is 2. The van der Waals surface area contributed by atoms with E-state index in [-0.39, 0.29) is 17.3 Å². The van der Waals surface area contributed by atoms with Crippen molar-refractivity contribution in [2.75, 3.05) is 0 Å². The highest BCUT2D eigenvalue weighted by Crippen LogP contribution is 2.20. The lowest BCUT2D eigenvalue weighted by molar-refractivity contribution is -0.122. The molecule has 1 amide bonds. The molecule has 5 heteroatoms. The number of nitrogens with one attached hydrogen (secondary N) is 1. The van der Waals surface area contributed by atoms with Gasteiger partial charge < -0.3 is 5.32 Å². The number of carbonyl (C=O) groups is 1. The van der Waals surface area contributed by atoms with Crippen molar-refractivity contribution >= 4 is 5.91 Å². The molecule has 24 heavy (non-hydrogen) atoms. The number of aryl methyl sites for hydroxylation is 1. The molecule has 0 saturated heterocycles. The molecule has 0 aliphatic rings. The van der Waals surface area contributed by atoms with Gasteiger partial charge in [0.05, 0.1) is 11.4 Å². The van der Waals surface area contributed by atoms with Gasteiger partial charge in [-0.15, -0.1) is 0 Å². The van der Waals surface area contributed by atoms with Crippen LogP contribution in [0.1, 0.15) is 50.6 Å². The van der Waals surface area contributed by atoms with Gasteiger partial charge in [0.25, 0.3) is 0 Å². The van der Waals surface area contributed by atoms with Crippen LogP contribution in [0.25, 0.3) is 5.69 Å². The van der Waals surface area contributed by atoms with Gasteiger partial charge in [0.2, 0.25) is 5.91 Å². The number of carbonyl (C=O) groups excluding carboxylic acids is 1. The number of aromatic nitrogens is 2. The summed E-state index contributed by atoms with van der Waals surface area (Å²) in [6.45, 7) is 9.96. The number of halogens is 1. The number of hydrogen-bond donors (Lipinski definition) is 1. The molecule has 0 unspecified atom stereocenters. The van der Waals surface area contributed by atoms with Crippen molar-refractivity contribution in [2.45, 2.75) is 59.4 Å². The molecule has 0 radical (unpaired) electrons. The van der Waals surface area contributed by atoms with Crippen LogP contribution in [0, 0.1) is 19.7 Å². The molecule has 0 bridgehead atoms. The maximum atomic E-state index is 13.4. The fraction of sp³-hybridized carbons (Fsp3) is 0.474. The lowest BCUT2D eigenvalue weighted by Crippen LogP contribution is -2.42. The Hall–Kier alpha value is -2.17. The first-order valence-electron chi connectivity index (χ1n) is 8.35. The highest BCUT2D eigenvalue weighted by Gasteiger charge is 2.19. The Morgan fingerprint density at radius 3 is 2.67 bits per heavy atom. The average molecular weight is 331 g/mol. The van der Waals surface area contributed by atoms with Crippen LogP contribution in [-0.2, 0) is 11.2 Å². The smallest absolute Gasteiger partial charge is 0.220 e. The standard InChI is InChI=1S/C19H26FN3O/c1-6-19(4,5)21-18(24)11-10-17-13(2)22-23(14(17)3)16-9-7-8-15(20)12-16/h7-9,12H,6,10-11H2,1-5H3,(H,21,24). The molecule has 0 saturated carbocycles. The largest absolute Gasteiger partial charge is 0.351 e. The topological polar surface area (TPSA) is 46.9 Å². The second-order valence-electron chi connectivity index (χ2n) is 6.83. The molecule has 0 atom stereocenters. The normalized spacial score (nSPS) is 11.6. The highest BCUT2D eigenvalue weighted by atomic mass is 19.1. The van der Waals surface area contributed by atoms with E-state index >= 15 is 0 Å². The summed E-state index contributed by atoms with van der Waals surface area (Å²) >= 11 is 0. The molecule has 0 spiro atoms. The van der Waals surface area contributed by atoms with Crippen LogP contribution in [0.15, 0.2) is 24.3 Å². The van der Waals surface area contributed by atoms with E-state index in [1.807, 2.05) is 33.8 Å². The van der Waals surface area contributed by atoms with E-state index < -0.39 is 0 Å². The van der Waals surface area contributed by atoms with Crippen LogP contribution >= 0.6 is 0 Å². The van der Waals surface area contributed by atoms with Gasteiger partial charge in [-0.05, 0) is 64.3 Å². The Morgan fingerprint density at radius 2 is 2.04 bits per heavy atom. The maximum Gasteiger partial charge on any atom is 0.220 e. The van der Waals surface area contributed by atoms with Crippen molar-refractivity contribution in [1.82, 2.24) is 15.1 Å². The molecule has 130 valence electrons. The first kappa shape index (κ1) is 18.2. The monoisotopic (exact) mass is 331 g/mol. The Labute approximate surface area is 143 Å². The molecule has 1 heterocycles. The minimum absolute atomic E-state index is 0.0409.